The molecule has 1 atom stereocenters. The molecule has 0 aromatic rings. The Morgan fingerprint density at radius 3 is 2.50 bits per heavy atom. The molecule has 0 saturated heterocycles. The van der Waals surface area contributed by atoms with E-state index in [1.165, 1.54) is 6.08 Å². The quantitative estimate of drug-likeness (QED) is 0.564. The van der Waals surface area contributed by atoms with Gasteiger partial charge in [0.2, 0.25) is 0 Å². The Morgan fingerprint density at radius 2 is 2.38 bits per heavy atom. The summed E-state index contributed by atoms with van der Waals surface area (Å²) in [6.07, 6.45) is 2.49. The summed E-state index contributed by atoms with van der Waals surface area (Å²) in [5.74, 6) is 0. The van der Waals surface area contributed by atoms with E-state index in [0.717, 1.165) is 6.20 Å². The van der Waals surface area contributed by atoms with E-state index in [1.807, 2.05) is 0 Å². The van der Waals surface area contributed by atoms with E-state index in [4.69, 9.17) is 4.89 Å². The highest BCUT2D eigenvalue weighted by Crippen LogP contribution is 2.36. The lowest BCUT2D eigenvalue weighted by molar-refractivity contribution is 0.421. The van der Waals surface area contributed by atoms with Gasteiger partial charge in [-0.1, -0.05) is 6.08 Å². The molecule has 0 aromatic heterocycles. The molecule has 3 nitrogen and oxygen atoms in total. The zero-order valence-corrected chi connectivity index (χ0v) is 5.23. The highest BCUT2D eigenvalue weighted by molar-refractivity contribution is 7.50. The average molecular weight is 139 g/mol. The molecule has 2 N–H and O–H groups in total. The normalized spacial score (nSPS) is 18.4. The Morgan fingerprint density at radius 1 is 1.88 bits per heavy atom. The van der Waals surface area contributed by atoms with Gasteiger partial charge in [-0.2, -0.15) is 0 Å². The van der Waals surface area contributed by atoms with Crippen LogP contribution in [0.1, 0.15) is 6.92 Å². The molecule has 0 aliphatic heterocycles. The molecule has 0 aliphatic rings. The van der Waals surface area contributed by atoms with Gasteiger partial charge < -0.3 is 4.89 Å². The summed E-state index contributed by atoms with van der Waals surface area (Å²) in [6.45, 7) is 1.60. The summed E-state index contributed by atoms with van der Waals surface area (Å²) in [7, 11) is -4.52. The van der Waals surface area contributed by atoms with Gasteiger partial charge in [-0.05, 0) is 6.92 Å². The minimum absolute atomic E-state index is 1.07. The molecule has 0 fully saturated rings. The van der Waals surface area contributed by atoms with Gasteiger partial charge in [0, 0.05) is 6.20 Å². The highest BCUT2D eigenvalue weighted by Gasteiger charge is 2.10. The summed E-state index contributed by atoms with van der Waals surface area (Å²) in [5.41, 5.74) is 0. The van der Waals surface area contributed by atoms with Crippen LogP contribution >= 0.6 is 7.83 Å². The first-order chi connectivity index (χ1) is 3.56. The van der Waals surface area contributed by atoms with E-state index in [1.54, 1.807) is 12.0 Å². The van der Waals surface area contributed by atoms with Crippen LogP contribution in [-0.2, 0) is 4.57 Å². The van der Waals surface area contributed by atoms with Crippen LogP contribution in [0, 0.1) is 0 Å². The molecule has 0 heterocycles. The van der Waals surface area contributed by atoms with Crippen LogP contribution in [0.25, 0.3) is 0 Å². The molecule has 5 heteroatoms. The molecule has 0 spiro atoms. The van der Waals surface area contributed by atoms with Crippen LogP contribution in [0.15, 0.2) is 12.3 Å². The summed E-state index contributed by atoms with van der Waals surface area (Å²) in [5, 5.41) is 1.64. The monoisotopic (exact) mass is 139 g/mol. The van der Waals surface area contributed by atoms with E-state index in [0.29, 0.717) is 0 Å². The lowest BCUT2D eigenvalue weighted by atomic mass is 10.7. The first kappa shape index (κ1) is 7.66. The molecule has 8 heavy (non-hydrogen) atoms. The zero-order valence-electron chi connectivity index (χ0n) is 4.34. The maximum absolute atomic E-state index is 11.5. The lowest BCUT2D eigenvalue weighted by Crippen LogP contribution is -1.94. The number of nitrogens with one attached hydrogen (secondary N) is 1. The molecule has 0 rings (SSSR count). The summed E-state index contributed by atoms with van der Waals surface area (Å²) in [6, 6.07) is 0. The molecule has 0 aromatic carbocycles. The Labute approximate surface area is 46.8 Å². The van der Waals surface area contributed by atoms with Crippen molar-refractivity contribution in [3.05, 3.63) is 12.3 Å². The van der Waals surface area contributed by atoms with Crippen molar-refractivity contribution in [1.29, 1.82) is 0 Å². The molecule has 0 radical (unpaired) electrons. The van der Waals surface area contributed by atoms with Gasteiger partial charge in [-0.3, -0.25) is 5.09 Å². The van der Waals surface area contributed by atoms with Crippen molar-refractivity contribution in [2.45, 2.75) is 6.92 Å². The van der Waals surface area contributed by atoms with Crippen molar-refractivity contribution in [3.63, 3.8) is 0 Å². The topological polar surface area (TPSA) is 49.3 Å². The van der Waals surface area contributed by atoms with Gasteiger partial charge in [0.15, 0.2) is 0 Å². The summed E-state index contributed by atoms with van der Waals surface area (Å²) < 4.78 is 21.2. The third kappa shape index (κ3) is 5.66. The van der Waals surface area contributed by atoms with Crippen molar-refractivity contribution in [1.82, 2.24) is 5.09 Å². The average Bonchev–Trinajstić information content (AvgIpc) is 1.59. The Balaban J connectivity index is 3.57. The fourth-order valence-corrected chi connectivity index (χ4v) is 0.499. The Kier molecular flexibility index (Phi) is 2.72. The molecular formula is C3H7FNO2P. The number of rotatable bonds is 2. The molecule has 48 valence electrons. The van der Waals surface area contributed by atoms with Crippen LogP contribution < -0.4 is 5.09 Å². The first-order valence-electron chi connectivity index (χ1n) is 1.97. The van der Waals surface area contributed by atoms with Gasteiger partial charge in [0.25, 0.3) is 0 Å². The SMILES string of the molecule is CC=CNP(=O)(O)F. The summed E-state index contributed by atoms with van der Waals surface area (Å²) >= 11 is 0. The lowest BCUT2D eigenvalue weighted by Gasteiger charge is -1.95. The zero-order chi connectivity index (χ0) is 6.62. The van der Waals surface area contributed by atoms with Crippen LogP contribution in [0.2, 0.25) is 0 Å². The van der Waals surface area contributed by atoms with Gasteiger partial charge in [0.05, 0.1) is 0 Å². The Hall–Kier alpha value is -0.340. The van der Waals surface area contributed by atoms with Crippen molar-refractivity contribution in [3.8, 4) is 0 Å². The third-order valence-corrected chi connectivity index (χ3v) is 0.868. The fraction of sp³-hybridized carbons (Fsp3) is 0.333. The van der Waals surface area contributed by atoms with Crippen LogP contribution in [-0.4, -0.2) is 4.89 Å². The number of hydrogen-bond donors (Lipinski definition) is 2. The van der Waals surface area contributed by atoms with E-state index in [9.17, 15) is 8.76 Å². The van der Waals surface area contributed by atoms with Gasteiger partial charge in [-0.15, -0.1) is 4.20 Å². The molecule has 1 unspecified atom stereocenters. The minimum atomic E-state index is -4.52. The molecule has 0 saturated carbocycles. The van der Waals surface area contributed by atoms with Gasteiger partial charge in [0.1, 0.15) is 0 Å². The van der Waals surface area contributed by atoms with Crippen LogP contribution in [0.5, 0.6) is 0 Å². The maximum Gasteiger partial charge on any atom is 0.467 e. The largest absolute Gasteiger partial charge is 0.467 e. The van der Waals surface area contributed by atoms with Crippen molar-refractivity contribution < 1.29 is 13.7 Å². The van der Waals surface area contributed by atoms with Gasteiger partial charge >= 0.3 is 7.83 Å². The minimum Gasteiger partial charge on any atom is -0.305 e. The molecule has 0 amide bonds. The van der Waals surface area contributed by atoms with Crippen LogP contribution in [0.3, 0.4) is 0 Å². The summed E-state index contributed by atoms with van der Waals surface area (Å²) in [4.78, 5) is 7.88. The smallest absolute Gasteiger partial charge is 0.305 e. The van der Waals surface area contributed by atoms with E-state index in [-0.39, 0.29) is 0 Å². The first-order valence-corrected chi connectivity index (χ1v) is 3.52. The molecule has 0 bridgehead atoms. The van der Waals surface area contributed by atoms with Crippen molar-refractivity contribution in [2.75, 3.05) is 0 Å². The fourth-order valence-electron chi connectivity index (χ4n) is 0.166. The number of halogens is 1. The second-order valence-corrected chi connectivity index (χ2v) is 2.39. The highest BCUT2D eigenvalue weighted by atomic mass is 31.2. The van der Waals surface area contributed by atoms with Crippen molar-refractivity contribution in [2.24, 2.45) is 0 Å². The second kappa shape index (κ2) is 2.84. The molecule has 0 aliphatic carbocycles. The second-order valence-electron chi connectivity index (χ2n) is 1.13. The van der Waals surface area contributed by atoms with Crippen molar-refractivity contribution >= 4 is 7.83 Å². The molecular weight excluding hydrogens is 132 g/mol. The maximum atomic E-state index is 11.5. The predicted octanol–water partition coefficient (Wildman–Crippen LogP) is 1.18. The van der Waals surface area contributed by atoms with Crippen LogP contribution in [0.4, 0.5) is 4.20 Å². The van der Waals surface area contributed by atoms with Gasteiger partial charge in [-0.25, -0.2) is 4.57 Å². The van der Waals surface area contributed by atoms with E-state index < -0.39 is 7.83 Å². The standard InChI is InChI=1S/C3H7FNO2P/c1-2-3-5-8(4,6)7/h2-3H,1H3,(H2,5,6,7). The predicted molar refractivity (Wildman–Crippen MR) is 28.9 cm³/mol. The number of allylic oxidation sites excluding steroid dienone is 1. The Bertz CT molecular complexity index is 129. The van der Waals surface area contributed by atoms with E-state index in [2.05, 4.69) is 0 Å². The number of hydrogen-bond acceptors (Lipinski definition) is 1. The van der Waals surface area contributed by atoms with E-state index >= 15 is 0 Å². The third-order valence-electron chi connectivity index (χ3n) is 0.400.